The Bertz CT molecular complexity index is 529. The van der Waals surface area contributed by atoms with E-state index < -0.39 is 0 Å². The zero-order valence-electron chi connectivity index (χ0n) is 19.9. The Morgan fingerprint density at radius 2 is 1.27 bits per heavy atom. The maximum Gasteiger partial charge on any atom is 0.220 e. The third kappa shape index (κ3) is 14.5. The average molecular weight is 418 g/mol. The number of benzene rings is 1. The molecule has 1 amide bonds. The average Bonchev–Trinajstić information content (AvgIpc) is 2.76. The van der Waals surface area contributed by atoms with E-state index in [1.165, 1.54) is 89.9 Å². The molecule has 0 aliphatic heterocycles. The Morgan fingerprint density at radius 1 is 0.767 bits per heavy atom. The summed E-state index contributed by atoms with van der Waals surface area (Å²) in [5, 5.41) is 3.04. The van der Waals surface area contributed by atoms with Gasteiger partial charge in [-0.1, -0.05) is 115 Å². The van der Waals surface area contributed by atoms with Crippen molar-refractivity contribution < 1.29 is 9.53 Å². The maximum atomic E-state index is 12.0. The second kappa shape index (κ2) is 19.5. The van der Waals surface area contributed by atoms with Crippen LogP contribution >= 0.6 is 0 Å². The highest BCUT2D eigenvalue weighted by Gasteiger charge is 2.04. The van der Waals surface area contributed by atoms with Crippen molar-refractivity contribution in [1.29, 1.82) is 0 Å². The minimum absolute atomic E-state index is 0.180. The van der Waals surface area contributed by atoms with Crippen molar-refractivity contribution >= 4 is 5.91 Å². The first-order valence-electron chi connectivity index (χ1n) is 12.7. The predicted octanol–water partition coefficient (Wildman–Crippen LogP) is 7.62. The van der Waals surface area contributed by atoms with Gasteiger partial charge in [0.05, 0.1) is 7.11 Å². The molecule has 30 heavy (non-hydrogen) atoms. The molecule has 1 rings (SSSR count). The minimum atomic E-state index is 0.180. The molecule has 1 N–H and O–H groups in total. The van der Waals surface area contributed by atoms with Gasteiger partial charge in [0.2, 0.25) is 5.91 Å². The van der Waals surface area contributed by atoms with Crippen molar-refractivity contribution in [2.45, 2.75) is 116 Å². The van der Waals surface area contributed by atoms with Crippen molar-refractivity contribution in [1.82, 2.24) is 5.32 Å². The summed E-state index contributed by atoms with van der Waals surface area (Å²) >= 11 is 0. The highest BCUT2D eigenvalue weighted by molar-refractivity contribution is 5.75. The van der Waals surface area contributed by atoms with Gasteiger partial charge in [0, 0.05) is 13.0 Å². The Balaban J connectivity index is 1.84. The first-order chi connectivity index (χ1) is 14.8. The Morgan fingerprint density at radius 3 is 1.80 bits per heavy atom. The lowest BCUT2D eigenvalue weighted by atomic mass is 10.0. The third-order valence-corrected chi connectivity index (χ3v) is 5.92. The van der Waals surface area contributed by atoms with Crippen LogP contribution in [0, 0.1) is 0 Å². The topological polar surface area (TPSA) is 38.3 Å². The van der Waals surface area contributed by atoms with Crippen LogP contribution in [-0.4, -0.2) is 19.6 Å². The monoisotopic (exact) mass is 417 g/mol. The van der Waals surface area contributed by atoms with Crippen LogP contribution in [0.15, 0.2) is 24.3 Å². The number of carbonyl (C=O) groups is 1. The molecular formula is C27H47NO2. The maximum absolute atomic E-state index is 12.0. The number of methoxy groups -OCH3 is 1. The Hall–Kier alpha value is -1.51. The second-order valence-electron chi connectivity index (χ2n) is 8.61. The molecule has 0 fully saturated rings. The molecule has 0 saturated carbocycles. The number of hydrogen-bond acceptors (Lipinski definition) is 2. The summed E-state index contributed by atoms with van der Waals surface area (Å²) in [7, 11) is 1.69. The third-order valence-electron chi connectivity index (χ3n) is 5.92. The van der Waals surface area contributed by atoms with Gasteiger partial charge in [-0.2, -0.15) is 0 Å². The quantitative estimate of drug-likeness (QED) is 0.222. The molecule has 0 heterocycles. The highest BCUT2D eigenvalue weighted by atomic mass is 16.5. The first kappa shape index (κ1) is 26.5. The van der Waals surface area contributed by atoms with Crippen LogP contribution in [0.3, 0.4) is 0 Å². The lowest BCUT2D eigenvalue weighted by Gasteiger charge is -2.09. The summed E-state index contributed by atoms with van der Waals surface area (Å²) in [6, 6.07) is 8.00. The molecule has 3 heteroatoms. The second-order valence-corrected chi connectivity index (χ2v) is 8.61. The fourth-order valence-corrected chi connectivity index (χ4v) is 3.99. The molecule has 172 valence electrons. The summed E-state index contributed by atoms with van der Waals surface area (Å²) in [6.45, 7) is 2.96. The van der Waals surface area contributed by atoms with E-state index in [-0.39, 0.29) is 5.91 Å². The van der Waals surface area contributed by atoms with E-state index in [1.54, 1.807) is 7.11 Å². The largest absolute Gasteiger partial charge is 0.496 e. The van der Waals surface area contributed by atoms with Crippen molar-refractivity contribution in [2.24, 2.45) is 0 Å². The normalized spacial score (nSPS) is 10.9. The number of amides is 1. The predicted molar refractivity (Wildman–Crippen MR) is 129 cm³/mol. The van der Waals surface area contributed by atoms with Crippen molar-refractivity contribution in [3.8, 4) is 5.75 Å². The zero-order valence-corrected chi connectivity index (χ0v) is 19.9. The fourth-order valence-electron chi connectivity index (χ4n) is 3.99. The van der Waals surface area contributed by atoms with Crippen LogP contribution in [0.1, 0.15) is 115 Å². The van der Waals surface area contributed by atoms with Crippen molar-refractivity contribution in [2.75, 3.05) is 13.7 Å². The minimum Gasteiger partial charge on any atom is -0.496 e. The van der Waals surface area contributed by atoms with E-state index in [4.69, 9.17) is 4.74 Å². The number of carbonyl (C=O) groups excluding carboxylic acids is 1. The summed E-state index contributed by atoms with van der Waals surface area (Å²) in [5.41, 5.74) is 1.15. The van der Waals surface area contributed by atoms with E-state index in [2.05, 4.69) is 18.3 Å². The molecule has 0 spiro atoms. The highest BCUT2D eigenvalue weighted by Crippen LogP contribution is 2.17. The molecule has 0 atom stereocenters. The summed E-state index contributed by atoms with van der Waals surface area (Å²) < 4.78 is 5.35. The smallest absolute Gasteiger partial charge is 0.220 e. The van der Waals surface area contributed by atoms with E-state index >= 15 is 0 Å². The SMILES string of the molecule is CCCCCCCCCCCCCCCCCC(=O)NCCc1ccccc1OC. The number of ether oxygens (including phenoxy) is 1. The van der Waals surface area contributed by atoms with E-state index in [0.29, 0.717) is 13.0 Å². The number of para-hydroxylation sites is 1. The molecule has 0 radical (unpaired) electrons. The molecule has 0 unspecified atom stereocenters. The molecule has 0 aliphatic carbocycles. The summed E-state index contributed by atoms with van der Waals surface area (Å²) in [6.07, 6.45) is 21.8. The van der Waals surface area contributed by atoms with E-state index in [0.717, 1.165) is 24.2 Å². The Labute approximate surface area is 186 Å². The number of unbranched alkanes of at least 4 members (excludes halogenated alkanes) is 14. The fraction of sp³-hybridized carbons (Fsp3) is 0.741. The van der Waals surface area contributed by atoms with Crippen LogP contribution in [0.2, 0.25) is 0 Å². The molecular weight excluding hydrogens is 370 g/mol. The molecule has 1 aromatic rings. The zero-order chi connectivity index (χ0) is 21.7. The molecule has 3 nitrogen and oxygen atoms in total. The molecule has 1 aromatic carbocycles. The van der Waals surface area contributed by atoms with Gasteiger partial charge < -0.3 is 10.1 Å². The van der Waals surface area contributed by atoms with Gasteiger partial charge in [-0.3, -0.25) is 4.79 Å². The van der Waals surface area contributed by atoms with E-state index in [9.17, 15) is 4.79 Å². The Kier molecular flexibility index (Phi) is 17.2. The summed E-state index contributed by atoms with van der Waals surface area (Å²) in [5.74, 6) is 1.08. The molecule has 0 aromatic heterocycles. The first-order valence-corrected chi connectivity index (χ1v) is 12.7. The number of hydrogen-bond donors (Lipinski definition) is 1. The van der Waals surface area contributed by atoms with Gasteiger partial charge in [-0.15, -0.1) is 0 Å². The summed E-state index contributed by atoms with van der Waals surface area (Å²) in [4.78, 5) is 12.0. The van der Waals surface area contributed by atoms with Crippen LogP contribution in [0.4, 0.5) is 0 Å². The number of nitrogens with one attached hydrogen (secondary N) is 1. The lowest BCUT2D eigenvalue weighted by Crippen LogP contribution is -2.25. The lowest BCUT2D eigenvalue weighted by molar-refractivity contribution is -0.121. The van der Waals surface area contributed by atoms with E-state index in [1.807, 2.05) is 18.2 Å². The van der Waals surface area contributed by atoms with Crippen LogP contribution in [0.25, 0.3) is 0 Å². The number of rotatable bonds is 20. The van der Waals surface area contributed by atoms with Crippen molar-refractivity contribution in [3.05, 3.63) is 29.8 Å². The van der Waals surface area contributed by atoms with Gasteiger partial charge in [-0.25, -0.2) is 0 Å². The van der Waals surface area contributed by atoms with Crippen molar-refractivity contribution in [3.63, 3.8) is 0 Å². The molecule has 0 saturated heterocycles. The standard InChI is InChI=1S/C27H47NO2/c1-3-4-5-6-7-8-9-10-11-12-13-14-15-16-17-22-27(29)28-24-23-25-20-18-19-21-26(25)30-2/h18-21H,3-17,22-24H2,1-2H3,(H,28,29). The van der Waals surface area contributed by atoms with Crippen LogP contribution in [0.5, 0.6) is 5.75 Å². The van der Waals surface area contributed by atoms with Gasteiger partial charge in [-0.05, 0) is 24.5 Å². The van der Waals surface area contributed by atoms with Gasteiger partial charge in [0.1, 0.15) is 5.75 Å². The molecule has 0 aliphatic rings. The van der Waals surface area contributed by atoms with Gasteiger partial charge in [0.25, 0.3) is 0 Å². The van der Waals surface area contributed by atoms with Crippen LogP contribution < -0.4 is 10.1 Å². The van der Waals surface area contributed by atoms with Crippen LogP contribution in [-0.2, 0) is 11.2 Å². The van der Waals surface area contributed by atoms with Gasteiger partial charge in [0.15, 0.2) is 0 Å². The molecule has 0 bridgehead atoms. The van der Waals surface area contributed by atoms with Gasteiger partial charge >= 0.3 is 0 Å².